The summed E-state index contributed by atoms with van der Waals surface area (Å²) in [6, 6.07) is 7.80. The molecule has 0 radical (unpaired) electrons. The van der Waals surface area contributed by atoms with Crippen molar-refractivity contribution in [3.05, 3.63) is 29.8 Å². The first kappa shape index (κ1) is 18.1. The van der Waals surface area contributed by atoms with E-state index in [4.69, 9.17) is 10.00 Å². The monoisotopic (exact) mass is 324 g/mol. The van der Waals surface area contributed by atoms with Crippen molar-refractivity contribution in [3.63, 3.8) is 0 Å². The molecule has 0 aliphatic heterocycles. The number of ether oxygens (including phenoxy) is 1. The van der Waals surface area contributed by atoms with Crippen LogP contribution in [0.5, 0.6) is 0 Å². The predicted octanol–water partition coefficient (Wildman–Crippen LogP) is 1.96. The predicted molar refractivity (Wildman–Crippen MR) is 81.4 cm³/mol. The number of carbonyl (C=O) groups excluding carboxylic acids is 1. The lowest BCUT2D eigenvalue weighted by atomic mass is 10.2. The third-order valence-corrected chi connectivity index (χ3v) is 4.09. The fraction of sp³-hybridized carbons (Fsp3) is 0.467. The molecule has 0 fully saturated rings. The van der Waals surface area contributed by atoms with Gasteiger partial charge in [-0.05, 0) is 39.3 Å². The van der Waals surface area contributed by atoms with Gasteiger partial charge in [0.2, 0.25) is 10.0 Å². The maximum atomic E-state index is 12.1. The Morgan fingerprint density at radius 1 is 1.32 bits per heavy atom. The SMILES string of the molecule is CC(C)(C)OC(=O)CCCNS(=O)(=O)c1ccccc1C#N. The van der Waals surface area contributed by atoms with Crippen LogP contribution in [0, 0.1) is 11.3 Å². The molecule has 22 heavy (non-hydrogen) atoms. The number of carbonyl (C=O) groups is 1. The Labute approximate surface area is 131 Å². The molecule has 7 heteroatoms. The fourth-order valence-electron chi connectivity index (χ4n) is 1.70. The molecule has 1 aromatic carbocycles. The standard InChI is InChI=1S/C15H20N2O4S/c1-15(2,3)21-14(18)9-6-10-17-22(19,20)13-8-5-4-7-12(13)11-16/h4-5,7-8,17H,6,9-10H2,1-3H3. The van der Waals surface area contributed by atoms with Crippen LogP contribution in [0.4, 0.5) is 0 Å². The van der Waals surface area contributed by atoms with Crippen molar-refractivity contribution in [3.8, 4) is 6.07 Å². The van der Waals surface area contributed by atoms with Crippen molar-refractivity contribution in [2.45, 2.75) is 44.1 Å². The summed E-state index contributed by atoms with van der Waals surface area (Å²) in [7, 11) is -3.76. The number of hydrogen-bond acceptors (Lipinski definition) is 5. The zero-order chi connectivity index (χ0) is 16.8. The minimum atomic E-state index is -3.76. The summed E-state index contributed by atoms with van der Waals surface area (Å²) < 4.78 is 31.7. The second-order valence-electron chi connectivity index (χ2n) is 5.70. The molecule has 0 amide bonds. The molecule has 1 N–H and O–H groups in total. The van der Waals surface area contributed by atoms with Crippen LogP contribution in [0.3, 0.4) is 0 Å². The molecule has 0 aliphatic carbocycles. The first-order chi connectivity index (χ1) is 10.2. The van der Waals surface area contributed by atoms with Crippen LogP contribution in [-0.2, 0) is 19.6 Å². The quantitative estimate of drug-likeness (QED) is 0.637. The molecule has 0 unspecified atom stereocenters. The van der Waals surface area contributed by atoms with Gasteiger partial charge in [-0.25, -0.2) is 13.1 Å². The number of benzene rings is 1. The average molecular weight is 324 g/mol. The maximum Gasteiger partial charge on any atom is 0.306 e. The van der Waals surface area contributed by atoms with Crippen molar-refractivity contribution < 1.29 is 17.9 Å². The lowest BCUT2D eigenvalue weighted by Crippen LogP contribution is -2.27. The summed E-state index contributed by atoms with van der Waals surface area (Å²) in [5, 5.41) is 8.93. The summed E-state index contributed by atoms with van der Waals surface area (Å²) >= 11 is 0. The first-order valence-electron chi connectivity index (χ1n) is 6.86. The van der Waals surface area contributed by atoms with Crippen molar-refractivity contribution in [1.29, 1.82) is 5.26 Å². The zero-order valence-corrected chi connectivity index (χ0v) is 13.7. The van der Waals surface area contributed by atoms with Crippen LogP contribution in [0.1, 0.15) is 39.2 Å². The molecule has 0 heterocycles. The van der Waals surface area contributed by atoms with Gasteiger partial charge in [-0.2, -0.15) is 5.26 Å². The largest absolute Gasteiger partial charge is 0.460 e. The Balaban J connectivity index is 2.54. The topological polar surface area (TPSA) is 96.3 Å². The molecule has 6 nitrogen and oxygen atoms in total. The van der Waals surface area contributed by atoms with Crippen LogP contribution < -0.4 is 4.72 Å². The Morgan fingerprint density at radius 2 is 1.95 bits per heavy atom. The molecular formula is C15H20N2O4S. The molecule has 0 spiro atoms. The van der Waals surface area contributed by atoms with Gasteiger partial charge < -0.3 is 4.74 Å². The first-order valence-corrected chi connectivity index (χ1v) is 8.35. The minimum absolute atomic E-state index is 0.0604. The van der Waals surface area contributed by atoms with E-state index in [-0.39, 0.29) is 29.4 Å². The third kappa shape index (κ3) is 5.84. The highest BCUT2D eigenvalue weighted by Crippen LogP contribution is 2.14. The van der Waals surface area contributed by atoms with Crippen molar-refractivity contribution in [2.75, 3.05) is 6.54 Å². The summed E-state index contributed by atoms with van der Waals surface area (Å²) in [6.07, 6.45) is 0.447. The molecule has 0 saturated carbocycles. The van der Waals surface area contributed by atoms with E-state index in [1.165, 1.54) is 12.1 Å². The van der Waals surface area contributed by atoms with Gasteiger partial charge in [0.15, 0.2) is 0 Å². The summed E-state index contributed by atoms with van der Waals surface area (Å²) in [5.41, 5.74) is -0.468. The van der Waals surface area contributed by atoms with Gasteiger partial charge in [0.25, 0.3) is 0 Å². The van der Waals surface area contributed by atoms with E-state index >= 15 is 0 Å². The Hall–Kier alpha value is -1.91. The van der Waals surface area contributed by atoms with Crippen LogP contribution in [0.15, 0.2) is 29.2 Å². The molecule has 120 valence electrons. The van der Waals surface area contributed by atoms with E-state index in [1.54, 1.807) is 32.9 Å². The molecule has 0 aromatic heterocycles. The van der Waals surface area contributed by atoms with Crippen molar-refractivity contribution in [2.24, 2.45) is 0 Å². The highest BCUT2D eigenvalue weighted by Gasteiger charge is 2.19. The van der Waals surface area contributed by atoms with E-state index in [1.807, 2.05) is 6.07 Å². The van der Waals surface area contributed by atoms with Gasteiger partial charge in [0.1, 0.15) is 11.7 Å². The van der Waals surface area contributed by atoms with E-state index < -0.39 is 15.6 Å². The highest BCUT2D eigenvalue weighted by molar-refractivity contribution is 7.89. The number of hydrogen-bond donors (Lipinski definition) is 1. The molecule has 0 saturated heterocycles. The smallest absolute Gasteiger partial charge is 0.306 e. The molecule has 1 rings (SSSR count). The number of nitrogens with zero attached hydrogens (tertiary/aromatic N) is 1. The number of esters is 1. The second-order valence-corrected chi connectivity index (χ2v) is 7.43. The van der Waals surface area contributed by atoms with Crippen LogP contribution in [0.2, 0.25) is 0 Å². The summed E-state index contributed by atoms with van der Waals surface area (Å²) in [4.78, 5) is 11.5. The normalized spacial score (nSPS) is 11.7. The average Bonchev–Trinajstić information content (AvgIpc) is 2.41. The third-order valence-electron chi connectivity index (χ3n) is 2.57. The van der Waals surface area contributed by atoms with Gasteiger partial charge in [-0.1, -0.05) is 12.1 Å². The lowest BCUT2D eigenvalue weighted by molar-refractivity contribution is -0.154. The fourth-order valence-corrected chi connectivity index (χ4v) is 2.93. The van der Waals surface area contributed by atoms with Crippen molar-refractivity contribution >= 4 is 16.0 Å². The van der Waals surface area contributed by atoms with E-state index in [0.717, 1.165) is 0 Å². The number of sulfonamides is 1. The van der Waals surface area contributed by atoms with E-state index in [9.17, 15) is 13.2 Å². The maximum absolute atomic E-state index is 12.1. The van der Waals surface area contributed by atoms with Gasteiger partial charge >= 0.3 is 5.97 Å². The van der Waals surface area contributed by atoms with E-state index in [0.29, 0.717) is 6.42 Å². The van der Waals surface area contributed by atoms with Crippen LogP contribution >= 0.6 is 0 Å². The number of rotatable bonds is 6. The van der Waals surface area contributed by atoms with Crippen molar-refractivity contribution in [1.82, 2.24) is 4.72 Å². The van der Waals surface area contributed by atoms with Gasteiger partial charge in [0, 0.05) is 13.0 Å². The summed E-state index contributed by atoms with van der Waals surface area (Å²) in [5.74, 6) is -0.371. The molecule has 0 atom stereocenters. The highest BCUT2D eigenvalue weighted by atomic mass is 32.2. The van der Waals surface area contributed by atoms with Crippen LogP contribution in [0.25, 0.3) is 0 Å². The second kappa shape index (κ2) is 7.38. The summed E-state index contributed by atoms with van der Waals surface area (Å²) in [6.45, 7) is 5.41. The number of nitriles is 1. The lowest BCUT2D eigenvalue weighted by Gasteiger charge is -2.19. The molecule has 0 bridgehead atoms. The van der Waals surface area contributed by atoms with E-state index in [2.05, 4.69) is 4.72 Å². The van der Waals surface area contributed by atoms with Gasteiger partial charge in [-0.3, -0.25) is 4.79 Å². The number of nitrogens with one attached hydrogen (secondary N) is 1. The molecular weight excluding hydrogens is 304 g/mol. The zero-order valence-electron chi connectivity index (χ0n) is 12.9. The Morgan fingerprint density at radius 3 is 2.55 bits per heavy atom. The Bertz CT molecular complexity index is 670. The van der Waals surface area contributed by atoms with Gasteiger partial charge in [-0.15, -0.1) is 0 Å². The minimum Gasteiger partial charge on any atom is -0.460 e. The molecule has 0 aliphatic rings. The Kier molecular flexibility index (Phi) is 6.09. The van der Waals surface area contributed by atoms with Gasteiger partial charge in [0.05, 0.1) is 10.5 Å². The van der Waals surface area contributed by atoms with Crippen LogP contribution in [-0.4, -0.2) is 26.5 Å². The molecule has 1 aromatic rings.